The summed E-state index contributed by atoms with van der Waals surface area (Å²) in [5.74, 6) is 1.65. The molecule has 1 unspecified atom stereocenters. The molecule has 1 aliphatic heterocycles. The average molecular weight is 323 g/mol. The van der Waals surface area contributed by atoms with E-state index in [1.807, 2.05) is 18.4 Å². The third-order valence-corrected chi connectivity index (χ3v) is 5.56. The first-order valence-electron chi connectivity index (χ1n) is 8.49. The van der Waals surface area contributed by atoms with E-state index in [2.05, 4.69) is 46.5 Å². The van der Waals surface area contributed by atoms with Crippen LogP contribution in [-0.4, -0.2) is 44.1 Å². The van der Waals surface area contributed by atoms with Crippen molar-refractivity contribution in [2.75, 3.05) is 33.2 Å². The number of hydrogen-bond donors (Lipinski definition) is 2. The van der Waals surface area contributed by atoms with Crippen LogP contribution in [0.2, 0.25) is 0 Å². The fourth-order valence-electron chi connectivity index (χ4n) is 2.94. The molecule has 2 rings (SSSR count). The van der Waals surface area contributed by atoms with Crippen LogP contribution in [0.5, 0.6) is 0 Å². The standard InChI is InChI=1S/C17H30N4S/c1-4-15-8-9-16(22-15)12-20-17(18-3)19-11-14-7-6-10-21(5-2)13-14/h8-9,14H,4-7,10-13H2,1-3H3,(H2,18,19,20). The quantitative estimate of drug-likeness (QED) is 0.625. The third kappa shape index (κ3) is 5.29. The number of hydrogen-bond acceptors (Lipinski definition) is 3. The minimum Gasteiger partial charge on any atom is -0.356 e. The normalized spacial score (nSPS) is 20.1. The molecule has 2 heterocycles. The van der Waals surface area contributed by atoms with Gasteiger partial charge >= 0.3 is 0 Å². The molecule has 22 heavy (non-hydrogen) atoms. The summed E-state index contributed by atoms with van der Waals surface area (Å²) in [6.45, 7) is 9.97. The molecule has 5 heteroatoms. The molecule has 0 aliphatic carbocycles. The molecule has 1 saturated heterocycles. The molecule has 1 aromatic rings. The van der Waals surface area contributed by atoms with Crippen LogP contribution in [0.4, 0.5) is 0 Å². The first-order chi connectivity index (χ1) is 10.7. The smallest absolute Gasteiger partial charge is 0.191 e. The minimum atomic E-state index is 0.737. The van der Waals surface area contributed by atoms with Crippen LogP contribution in [0, 0.1) is 5.92 Å². The van der Waals surface area contributed by atoms with Gasteiger partial charge in [0.05, 0.1) is 6.54 Å². The van der Waals surface area contributed by atoms with E-state index >= 15 is 0 Å². The molecular formula is C17H30N4S. The zero-order valence-corrected chi connectivity index (χ0v) is 15.0. The molecule has 0 saturated carbocycles. The van der Waals surface area contributed by atoms with Crippen molar-refractivity contribution >= 4 is 17.3 Å². The predicted octanol–water partition coefficient (Wildman–Crippen LogP) is 2.71. The van der Waals surface area contributed by atoms with Crippen LogP contribution in [-0.2, 0) is 13.0 Å². The highest BCUT2D eigenvalue weighted by Gasteiger charge is 2.18. The molecule has 0 spiro atoms. The first-order valence-corrected chi connectivity index (χ1v) is 9.31. The van der Waals surface area contributed by atoms with Crippen LogP contribution < -0.4 is 10.6 Å². The summed E-state index contributed by atoms with van der Waals surface area (Å²) in [6, 6.07) is 4.43. The van der Waals surface area contributed by atoms with Crippen LogP contribution in [0.1, 0.15) is 36.4 Å². The summed E-state index contributed by atoms with van der Waals surface area (Å²) >= 11 is 1.88. The molecular weight excluding hydrogens is 292 g/mol. The molecule has 0 amide bonds. The highest BCUT2D eigenvalue weighted by molar-refractivity contribution is 7.11. The van der Waals surface area contributed by atoms with Crippen molar-refractivity contribution in [1.82, 2.24) is 15.5 Å². The second-order valence-electron chi connectivity index (χ2n) is 5.93. The summed E-state index contributed by atoms with van der Waals surface area (Å²) in [5.41, 5.74) is 0. The maximum Gasteiger partial charge on any atom is 0.191 e. The van der Waals surface area contributed by atoms with Crippen LogP contribution >= 0.6 is 11.3 Å². The van der Waals surface area contributed by atoms with Gasteiger partial charge in [0.1, 0.15) is 0 Å². The van der Waals surface area contributed by atoms with E-state index < -0.39 is 0 Å². The van der Waals surface area contributed by atoms with Crippen molar-refractivity contribution in [3.05, 3.63) is 21.9 Å². The number of rotatable bonds is 6. The lowest BCUT2D eigenvalue weighted by Gasteiger charge is -2.32. The van der Waals surface area contributed by atoms with E-state index in [-0.39, 0.29) is 0 Å². The lowest BCUT2D eigenvalue weighted by Crippen LogP contribution is -2.44. The highest BCUT2D eigenvalue weighted by atomic mass is 32.1. The Morgan fingerprint density at radius 2 is 2.14 bits per heavy atom. The summed E-state index contributed by atoms with van der Waals surface area (Å²) in [4.78, 5) is 9.70. The van der Waals surface area contributed by atoms with Gasteiger partial charge in [0.25, 0.3) is 0 Å². The topological polar surface area (TPSA) is 39.7 Å². The molecule has 0 bridgehead atoms. The van der Waals surface area contributed by atoms with Gasteiger partial charge in [0.2, 0.25) is 0 Å². The van der Waals surface area contributed by atoms with Gasteiger partial charge in [-0.05, 0) is 50.4 Å². The monoisotopic (exact) mass is 322 g/mol. The summed E-state index contributed by atoms with van der Waals surface area (Å²) < 4.78 is 0. The average Bonchev–Trinajstić information content (AvgIpc) is 3.03. The maximum atomic E-state index is 4.34. The SMILES string of the molecule is CCc1ccc(CNC(=NC)NCC2CCCN(CC)C2)s1. The predicted molar refractivity (Wildman–Crippen MR) is 96.7 cm³/mol. The van der Waals surface area contributed by atoms with E-state index in [9.17, 15) is 0 Å². The molecule has 124 valence electrons. The molecule has 1 fully saturated rings. The fourth-order valence-corrected chi connectivity index (χ4v) is 3.84. The number of likely N-dealkylation sites (tertiary alicyclic amines) is 1. The van der Waals surface area contributed by atoms with Crippen molar-refractivity contribution in [3.63, 3.8) is 0 Å². The third-order valence-electron chi connectivity index (χ3n) is 4.33. The van der Waals surface area contributed by atoms with Gasteiger partial charge in [-0.3, -0.25) is 4.99 Å². The molecule has 2 N–H and O–H groups in total. The largest absolute Gasteiger partial charge is 0.356 e. The van der Waals surface area contributed by atoms with Crippen molar-refractivity contribution in [3.8, 4) is 0 Å². The van der Waals surface area contributed by atoms with Gasteiger partial charge in [0, 0.05) is 29.9 Å². The van der Waals surface area contributed by atoms with Crippen molar-refractivity contribution < 1.29 is 0 Å². The Morgan fingerprint density at radius 3 is 2.82 bits per heavy atom. The molecule has 0 aromatic carbocycles. The van der Waals surface area contributed by atoms with E-state index in [0.29, 0.717) is 0 Å². The Labute approximate surface area is 139 Å². The van der Waals surface area contributed by atoms with Crippen LogP contribution in [0.3, 0.4) is 0 Å². The Bertz CT molecular complexity index is 469. The lowest BCUT2D eigenvalue weighted by atomic mass is 9.98. The van der Waals surface area contributed by atoms with Gasteiger partial charge in [-0.1, -0.05) is 13.8 Å². The number of guanidine groups is 1. The number of aliphatic imine (C=N–C) groups is 1. The van der Waals surface area contributed by atoms with Crippen LogP contribution in [0.25, 0.3) is 0 Å². The van der Waals surface area contributed by atoms with Gasteiger partial charge in [-0.2, -0.15) is 0 Å². The Morgan fingerprint density at radius 1 is 1.32 bits per heavy atom. The van der Waals surface area contributed by atoms with Gasteiger partial charge in [0.15, 0.2) is 5.96 Å². The number of nitrogens with one attached hydrogen (secondary N) is 2. The number of aryl methyl sites for hydroxylation is 1. The Kier molecular flexibility index (Phi) is 7.19. The summed E-state index contributed by atoms with van der Waals surface area (Å²) in [5, 5.41) is 6.92. The van der Waals surface area contributed by atoms with Crippen molar-refractivity contribution in [2.24, 2.45) is 10.9 Å². The number of nitrogens with zero attached hydrogens (tertiary/aromatic N) is 2. The molecule has 4 nitrogen and oxygen atoms in total. The van der Waals surface area contributed by atoms with E-state index in [1.165, 1.54) is 42.2 Å². The molecule has 1 atom stereocenters. The van der Waals surface area contributed by atoms with E-state index in [4.69, 9.17) is 0 Å². The summed E-state index contributed by atoms with van der Waals surface area (Å²) in [6.07, 6.45) is 3.76. The first kappa shape index (κ1) is 17.3. The minimum absolute atomic E-state index is 0.737. The Balaban J connectivity index is 1.73. The number of piperidine rings is 1. The fraction of sp³-hybridized carbons (Fsp3) is 0.706. The van der Waals surface area contributed by atoms with E-state index in [1.54, 1.807) is 0 Å². The molecule has 1 aliphatic rings. The lowest BCUT2D eigenvalue weighted by molar-refractivity contribution is 0.183. The van der Waals surface area contributed by atoms with Crippen molar-refractivity contribution in [1.29, 1.82) is 0 Å². The van der Waals surface area contributed by atoms with Gasteiger partial charge in [-0.25, -0.2) is 0 Å². The highest BCUT2D eigenvalue weighted by Crippen LogP contribution is 2.17. The Hall–Kier alpha value is -1.07. The second-order valence-corrected chi connectivity index (χ2v) is 7.18. The summed E-state index contributed by atoms with van der Waals surface area (Å²) in [7, 11) is 1.85. The van der Waals surface area contributed by atoms with Gasteiger partial charge < -0.3 is 15.5 Å². The molecule has 0 radical (unpaired) electrons. The molecule has 1 aromatic heterocycles. The maximum absolute atomic E-state index is 4.34. The zero-order valence-electron chi connectivity index (χ0n) is 14.2. The van der Waals surface area contributed by atoms with Gasteiger partial charge in [-0.15, -0.1) is 11.3 Å². The number of thiophene rings is 1. The van der Waals surface area contributed by atoms with Crippen LogP contribution in [0.15, 0.2) is 17.1 Å². The zero-order chi connectivity index (χ0) is 15.8. The van der Waals surface area contributed by atoms with Crippen molar-refractivity contribution in [2.45, 2.75) is 39.7 Å². The second kappa shape index (κ2) is 9.16. The van der Waals surface area contributed by atoms with E-state index in [0.717, 1.165) is 31.4 Å².